The monoisotopic (exact) mass is 278 g/mol. The number of nitrogens with one attached hydrogen (secondary N) is 1. The summed E-state index contributed by atoms with van der Waals surface area (Å²) in [5, 5.41) is 13.5. The molecule has 4 nitrogen and oxygen atoms in total. The van der Waals surface area contributed by atoms with Gasteiger partial charge in [0.05, 0.1) is 0 Å². The summed E-state index contributed by atoms with van der Waals surface area (Å²) in [6, 6.07) is 1.16. The largest absolute Gasteiger partial charge is 0.480 e. The van der Waals surface area contributed by atoms with Crippen LogP contribution in [-0.2, 0) is 11.3 Å². The lowest BCUT2D eigenvalue weighted by Gasteiger charge is -2.06. The molecule has 0 fully saturated rings. The molecule has 0 aliphatic heterocycles. The molecule has 1 rings (SSSR count). The highest BCUT2D eigenvalue weighted by Crippen LogP contribution is 2.19. The van der Waals surface area contributed by atoms with Crippen molar-refractivity contribution >= 4 is 33.2 Å². The Bertz CT molecular complexity index is 316. The van der Waals surface area contributed by atoms with Gasteiger partial charge in [-0.25, -0.2) is 0 Å². The van der Waals surface area contributed by atoms with Gasteiger partial charge in [0.15, 0.2) is 0 Å². The fourth-order valence-corrected chi connectivity index (χ4v) is 2.31. The third-order valence-corrected chi connectivity index (χ3v) is 3.30. The van der Waals surface area contributed by atoms with Crippen LogP contribution in [-0.4, -0.2) is 23.7 Å². The van der Waals surface area contributed by atoms with E-state index in [2.05, 4.69) is 21.2 Å². The molecule has 1 aromatic rings. The average Bonchev–Trinajstić information content (AvgIpc) is 2.51. The summed E-state index contributed by atoms with van der Waals surface area (Å²) in [5.74, 6) is -0.982. The van der Waals surface area contributed by atoms with Crippen molar-refractivity contribution in [2.75, 3.05) is 6.54 Å². The molecule has 1 heterocycles. The Morgan fingerprint density at radius 2 is 2.50 bits per heavy atom. The lowest BCUT2D eigenvalue weighted by Crippen LogP contribution is -2.39. The first-order chi connectivity index (χ1) is 6.59. The quantitative estimate of drug-likeness (QED) is 0.752. The van der Waals surface area contributed by atoms with E-state index in [0.29, 0.717) is 6.54 Å². The van der Waals surface area contributed by atoms with Crippen LogP contribution in [0, 0.1) is 0 Å². The molecule has 0 aromatic carbocycles. The SMILES string of the molecule is NC(CNCc1cc(Br)cs1)C(=O)O. The normalized spacial score (nSPS) is 12.7. The van der Waals surface area contributed by atoms with Crippen molar-refractivity contribution in [3.63, 3.8) is 0 Å². The molecule has 1 aromatic heterocycles. The first kappa shape index (κ1) is 11.6. The lowest BCUT2D eigenvalue weighted by atomic mass is 10.3. The predicted octanol–water partition coefficient (Wildman–Crippen LogP) is 1.01. The van der Waals surface area contributed by atoms with Gasteiger partial charge in [0.25, 0.3) is 0 Å². The van der Waals surface area contributed by atoms with Gasteiger partial charge in [-0.3, -0.25) is 4.79 Å². The van der Waals surface area contributed by atoms with Gasteiger partial charge in [0.1, 0.15) is 6.04 Å². The van der Waals surface area contributed by atoms with E-state index in [4.69, 9.17) is 10.8 Å². The number of carboxylic acids is 1. The molecular weight excluding hydrogens is 268 g/mol. The molecular formula is C8H11BrN2O2S. The van der Waals surface area contributed by atoms with Crippen LogP contribution in [0.1, 0.15) is 4.88 Å². The van der Waals surface area contributed by atoms with Crippen LogP contribution in [0.2, 0.25) is 0 Å². The molecule has 0 aliphatic rings. The predicted molar refractivity (Wildman–Crippen MR) is 59.3 cm³/mol. The molecule has 1 unspecified atom stereocenters. The molecule has 1 atom stereocenters. The zero-order valence-electron chi connectivity index (χ0n) is 7.37. The Labute approximate surface area is 94.2 Å². The topological polar surface area (TPSA) is 75.3 Å². The third-order valence-electron chi connectivity index (χ3n) is 1.60. The Balaban J connectivity index is 2.25. The van der Waals surface area contributed by atoms with Crippen molar-refractivity contribution in [2.24, 2.45) is 5.73 Å². The van der Waals surface area contributed by atoms with Crippen molar-refractivity contribution < 1.29 is 9.90 Å². The summed E-state index contributed by atoms with van der Waals surface area (Å²) in [6.07, 6.45) is 0. The summed E-state index contributed by atoms with van der Waals surface area (Å²) >= 11 is 4.95. The van der Waals surface area contributed by atoms with Crippen molar-refractivity contribution in [3.05, 3.63) is 20.8 Å². The summed E-state index contributed by atoms with van der Waals surface area (Å²) in [4.78, 5) is 11.5. The van der Waals surface area contributed by atoms with Gasteiger partial charge in [0.2, 0.25) is 0 Å². The number of carbonyl (C=O) groups is 1. The van der Waals surface area contributed by atoms with Crippen LogP contribution in [0.4, 0.5) is 0 Å². The Morgan fingerprint density at radius 3 is 3.00 bits per heavy atom. The highest BCUT2D eigenvalue weighted by Gasteiger charge is 2.10. The molecule has 78 valence electrons. The van der Waals surface area contributed by atoms with Gasteiger partial charge in [-0.1, -0.05) is 0 Å². The number of carboxylic acid groups (broad SMARTS) is 1. The maximum Gasteiger partial charge on any atom is 0.321 e. The van der Waals surface area contributed by atoms with Crippen LogP contribution in [0.25, 0.3) is 0 Å². The standard InChI is InChI=1S/C8H11BrN2O2S/c9-5-1-6(14-4-5)2-11-3-7(10)8(12)13/h1,4,7,11H,2-3,10H2,(H,12,13). The van der Waals surface area contributed by atoms with Crippen LogP contribution >= 0.6 is 27.3 Å². The van der Waals surface area contributed by atoms with Gasteiger partial charge in [-0.2, -0.15) is 0 Å². The van der Waals surface area contributed by atoms with Gasteiger partial charge >= 0.3 is 5.97 Å². The Hall–Kier alpha value is -0.430. The van der Waals surface area contributed by atoms with Crippen molar-refractivity contribution in [3.8, 4) is 0 Å². The fourth-order valence-electron chi connectivity index (χ4n) is 0.885. The number of hydrogen-bond donors (Lipinski definition) is 3. The molecule has 4 N–H and O–H groups in total. The highest BCUT2D eigenvalue weighted by molar-refractivity contribution is 9.10. The van der Waals surface area contributed by atoms with E-state index in [9.17, 15) is 4.79 Å². The molecule has 0 bridgehead atoms. The number of thiophene rings is 1. The summed E-state index contributed by atoms with van der Waals surface area (Å²) in [6.45, 7) is 0.933. The minimum absolute atomic E-state index is 0.283. The van der Waals surface area contributed by atoms with Crippen molar-refractivity contribution in [1.82, 2.24) is 5.32 Å². The zero-order chi connectivity index (χ0) is 10.6. The number of rotatable bonds is 5. The second kappa shape index (κ2) is 5.45. The second-order valence-electron chi connectivity index (χ2n) is 2.81. The summed E-state index contributed by atoms with van der Waals surface area (Å²) in [5.41, 5.74) is 5.32. The molecule has 0 radical (unpaired) electrons. The molecule has 14 heavy (non-hydrogen) atoms. The number of nitrogens with two attached hydrogens (primary N) is 1. The highest BCUT2D eigenvalue weighted by atomic mass is 79.9. The first-order valence-corrected chi connectivity index (χ1v) is 5.69. The summed E-state index contributed by atoms with van der Waals surface area (Å²) in [7, 11) is 0. The number of halogens is 1. The van der Waals surface area contributed by atoms with Gasteiger partial charge in [-0.05, 0) is 22.0 Å². The second-order valence-corrected chi connectivity index (χ2v) is 4.72. The number of aliphatic carboxylic acids is 1. The van der Waals surface area contributed by atoms with E-state index in [0.717, 1.165) is 9.35 Å². The van der Waals surface area contributed by atoms with Crippen LogP contribution in [0.3, 0.4) is 0 Å². The molecule has 0 aliphatic carbocycles. The molecule has 0 spiro atoms. The van der Waals surface area contributed by atoms with E-state index in [1.165, 1.54) is 0 Å². The molecule has 0 saturated carbocycles. The third kappa shape index (κ3) is 3.75. The van der Waals surface area contributed by atoms with Crippen LogP contribution < -0.4 is 11.1 Å². The van der Waals surface area contributed by atoms with E-state index in [1.54, 1.807) is 11.3 Å². The number of hydrogen-bond acceptors (Lipinski definition) is 4. The van der Waals surface area contributed by atoms with E-state index in [1.807, 2.05) is 11.4 Å². The van der Waals surface area contributed by atoms with Crippen molar-refractivity contribution in [2.45, 2.75) is 12.6 Å². The maximum atomic E-state index is 10.4. The minimum Gasteiger partial charge on any atom is -0.480 e. The smallest absolute Gasteiger partial charge is 0.321 e. The van der Waals surface area contributed by atoms with Gasteiger partial charge in [-0.15, -0.1) is 11.3 Å². The Morgan fingerprint density at radius 1 is 1.79 bits per heavy atom. The van der Waals surface area contributed by atoms with Crippen LogP contribution in [0.5, 0.6) is 0 Å². The van der Waals surface area contributed by atoms with Crippen LogP contribution in [0.15, 0.2) is 15.9 Å². The Kier molecular flexibility index (Phi) is 4.53. The lowest BCUT2D eigenvalue weighted by molar-refractivity contribution is -0.138. The molecule has 6 heteroatoms. The zero-order valence-corrected chi connectivity index (χ0v) is 9.77. The molecule has 0 saturated heterocycles. The fraction of sp³-hybridized carbons (Fsp3) is 0.375. The van der Waals surface area contributed by atoms with Gasteiger partial charge in [0, 0.05) is 27.8 Å². The average molecular weight is 279 g/mol. The minimum atomic E-state index is -0.982. The van der Waals surface area contributed by atoms with Gasteiger partial charge < -0.3 is 16.2 Å². The van der Waals surface area contributed by atoms with E-state index >= 15 is 0 Å². The summed E-state index contributed by atoms with van der Waals surface area (Å²) < 4.78 is 1.04. The molecule has 0 amide bonds. The van der Waals surface area contributed by atoms with Crippen molar-refractivity contribution in [1.29, 1.82) is 0 Å². The maximum absolute atomic E-state index is 10.4. The first-order valence-electron chi connectivity index (χ1n) is 4.01. The van der Waals surface area contributed by atoms with E-state index < -0.39 is 12.0 Å². The van der Waals surface area contributed by atoms with E-state index in [-0.39, 0.29) is 6.54 Å².